The Morgan fingerprint density at radius 3 is 3.12 bits per heavy atom. The van der Waals surface area contributed by atoms with Gasteiger partial charge in [0.05, 0.1) is 17.7 Å². The first-order valence-electron chi connectivity index (χ1n) is 4.44. The summed E-state index contributed by atoms with van der Waals surface area (Å²) in [6.07, 6.45) is 1.58. The molecule has 6 nitrogen and oxygen atoms in total. The molecule has 0 aliphatic heterocycles. The largest absolute Gasteiger partial charge is 0.476 e. The summed E-state index contributed by atoms with van der Waals surface area (Å²) in [5.74, 6) is -1.04. The SMILES string of the molecule is O=C(O)c1ncsc1NCc1cccnn1. The van der Waals surface area contributed by atoms with Crippen molar-refractivity contribution in [3.63, 3.8) is 0 Å². The predicted molar refractivity (Wildman–Crippen MR) is 58.4 cm³/mol. The Kier molecular flexibility index (Phi) is 3.06. The van der Waals surface area contributed by atoms with Crippen LogP contribution in [-0.4, -0.2) is 26.3 Å². The van der Waals surface area contributed by atoms with Crippen LogP contribution < -0.4 is 5.32 Å². The maximum atomic E-state index is 10.8. The van der Waals surface area contributed by atoms with Crippen LogP contribution in [0.3, 0.4) is 0 Å². The van der Waals surface area contributed by atoms with Crippen LogP contribution in [0.1, 0.15) is 16.2 Å². The van der Waals surface area contributed by atoms with Gasteiger partial charge in [-0.3, -0.25) is 0 Å². The molecule has 0 aliphatic rings. The molecule has 2 heterocycles. The van der Waals surface area contributed by atoms with Gasteiger partial charge in [0.2, 0.25) is 0 Å². The third-order valence-electron chi connectivity index (χ3n) is 1.83. The van der Waals surface area contributed by atoms with Crippen molar-refractivity contribution in [2.75, 3.05) is 5.32 Å². The number of carboxylic acids is 1. The summed E-state index contributed by atoms with van der Waals surface area (Å²) in [4.78, 5) is 14.5. The Bertz CT molecular complexity index is 485. The number of hydrogen-bond donors (Lipinski definition) is 2. The van der Waals surface area contributed by atoms with E-state index in [0.29, 0.717) is 11.5 Å². The molecule has 0 atom stereocenters. The Morgan fingerprint density at radius 2 is 2.44 bits per heavy atom. The monoisotopic (exact) mass is 236 g/mol. The number of thiazole rings is 1. The average molecular weight is 236 g/mol. The second kappa shape index (κ2) is 4.67. The number of nitrogens with zero attached hydrogens (tertiary/aromatic N) is 3. The molecule has 16 heavy (non-hydrogen) atoms. The van der Waals surface area contributed by atoms with Crippen molar-refractivity contribution >= 4 is 22.3 Å². The Morgan fingerprint density at radius 1 is 1.56 bits per heavy atom. The lowest BCUT2D eigenvalue weighted by Crippen LogP contribution is -2.06. The number of rotatable bonds is 4. The number of nitrogens with one attached hydrogen (secondary N) is 1. The number of hydrogen-bond acceptors (Lipinski definition) is 6. The van der Waals surface area contributed by atoms with Crippen LogP contribution in [0, 0.1) is 0 Å². The van der Waals surface area contributed by atoms with Crippen LogP contribution in [0.25, 0.3) is 0 Å². The first-order valence-corrected chi connectivity index (χ1v) is 5.32. The van der Waals surface area contributed by atoms with Gasteiger partial charge in [-0.1, -0.05) is 0 Å². The fourth-order valence-corrected chi connectivity index (χ4v) is 1.79. The van der Waals surface area contributed by atoms with E-state index in [4.69, 9.17) is 5.11 Å². The van der Waals surface area contributed by atoms with Crippen molar-refractivity contribution in [3.8, 4) is 0 Å². The maximum Gasteiger partial charge on any atom is 0.357 e. The topological polar surface area (TPSA) is 88.0 Å². The zero-order valence-electron chi connectivity index (χ0n) is 8.12. The molecule has 0 aliphatic carbocycles. The van der Waals surface area contributed by atoms with Gasteiger partial charge >= 0.3 is 5.97 Å². The van der Waals surface area contributed by atoms with Crippen molar-refractivity contribution < 1.29 is 9.90 Å². The van der Waals surface area contributed by atoms with Crippen LogP contribution >= 0.6 is 11.3 Å². The molecule has 2 N–H and O–H groups in total. The fraction of sp³-hybridized carbons (Fsp3) is 0.111. The minimum Gasteiger partial charge on any atom is -0.476 e. The normalized spacial score (nSPS) is 10.0. The van der Waals surface area contributed by atoms with Gasteiger partial charge in [-0.15, -0.1) is 11.3 Å². The highest BCUT2D eigenvalue weighted by molar-refractivity contribution is 7.14. The zero-order valence-corrected chi connectivity index (χ0v) is 8.94. The molecule has 0 saturated heterocycles. The number of aromatic nitrogens is 3. The maximum absolute atomic E-state index is 10.8. The Labute approximate surface area is 95.0 Å². The van der Waals surface area contributed by atoms with Gasteiger partial charge in [0.25, 0.3) is 0 Å². The van der Waals surface area contributed by atoms with E-state index in [2.05, 4.69) is 20.5 Å². The molecular formula is C9H8N4O2S. The van der Waals surface area contributed by atoms with E-state index in [1.54, 1.807) is 12.3 Å². The lowest BCUT2D eigenvalue weighted by molar-refractivity contribution is 0.0692. The summed E-state index contributed by atoms with van der Waals surface area (Å²) in [5, 5.41) is 19.9. The zero-order chi connectivity index (χ0) is 11.4. The van der Waals surface area contributed by atoms with Gasteiger partial charge < -0.3 is 10.4 Å². The molecule has 7 heteroatoms. The first kappa shape index (κ1) is 10.5. The molecule has 0 spiro atoms. The molecule has 2 rings (SSSR count). The first-order chi connectivity index (χ1) is 7.77. The van der Waals surface area contributed by atoms with E-state index < -0.39 is 5.97 Å². The molecular weight excluding hydrogens is 228 g/mol. The van der Waals surface area contributed by atoms with E-state index in [1.165, 1.54) is 16.8 Å². The Hall–Kier alpha value is -2.02. The summed E-state index contributed by atoms with van der Waals surface area (Å²) in [6.45, 7) is 0.427. The van der Waals surface area contributed by atoms with Gasteiger partial charge in [0.15, 0.2) is 5.69 Å². The molecule has 0 fully saturated rings. The second-order valence-corrected chi connectivity index (χ2v) is 3.76. The van der Waals surface area contributed by atoms with Crippen LogP contribution in [-0.2, 0) is 6.54 Å². The summed E-state index contributed by atoms with van der Waals surface area (Å²) in [7, 11) is 0. The lowest BCUT2D eigenvalue weighted by atomic mass is 10.4. The van der Waals surface area contributed by atoms with Crippen molar-refractivity contribution in [2.24, 2.45) is 0 Å². The quantitative estimate of drug-likeness (QED) is 0.830. The molecule has 0 bridgehead atoms. The molecule has 0 radical (unpaired) electrons. The fourth-order valence-electron chi connectivity index (χ4n) is 1.12. The van der Waals surface area contributed by atoms with Crippen LogP contribution in [0.5, 0.6) is 0 Å². The van der Waals surface area contributed by atoms with E-state index in [0.717, 1.165) is 5.69 Å². The van der Waals surface area contributed by atoms with Gasteiger partial charge in [-0.05, 0) is 12.1 Å². The van der Waals surface area contributed by atoms with Gasteiger partial charge in [-0.2, -0.15) is 10.2 Å². The predicted octanol–water partition coefficient (Wildman–Crippen LogP) is 1.24. The number of aromatic carboxylic acids is 1. The highest BCUT2D eigenvalue weighted by Gasteiger charge is 2.12. The highest BCUT2D eigenvalue weighted by Crippen LogP contribution is 2.20. The van der Waals surface area contributed by atoms with E-state index in [9.17, 15) is 4.79 Å². The third kappa shape index (κ3) is 2.31. The van der Waals surface area contributed by atoms with Crippen molar-refractivity contribution in [1.82, 2.24) is 15.2 Å². The average Bonchev–Trinajstić information content (AvgIpc) is 2.76. The molecule has 82 valence electrons. The summed E-state index contributed by atoms with van der Waals surface area (Å²) >= 11 is 1.25. The molecule has 2 aromatic rings. The van der Waals surface area contributed by atoms with Crippen LogP contribution in [0.4, 0.5) is 5.00 Å². The molecule has 0 saturated carbocycles. The van der Waals surface area contributed by atoms with Gasteiger partial charge in [0, 0.05) is 6.20 Å². The molecule has 2 aromatic heterocycles. The van der Waals surface area contributed by atoms with Gasteiger partial charge in [0.1, 0.15) is 5.00 Å². The highest BCUT2D eigenvalue weighted by atomic mass is 32.1. The molecule has 0 aromatic carbocycles. The molecule has 0 amide bonds. The minimum absolute atomic E-state index is 0.0360. The second-order valence-electron chi connectivity index (χ2n) is 2.90. The van der Waals surface area contributed by atoms with Gasteiger partial charge in [-0.25, -0.2) is 9.78 Å². The summed E-state index contributed by atoms with van der Waals surface area (Å²) in [6, 6.07) is 3.58. The van der Waals surface area contributed by atoms with E-state index >= 15 is 0 Å². The molecule has 0 unspecified atom stereocenters. The standard InChI is InChI=1S/C9H8N4O2S/c14-9(15)7-8(16-5-11-7)10-4-6-2-1-3-12-13-6/h1-3,5,10H,4H2,(H,14,15). The summed E-state index contributed by atoms with van der Waals surface area (Å²) in [5.41, 5.74) is 2.27. The lowest BCUT2D eigenvalue weighted by Gasteiger charge is -2.02. The smallest absolute Gasteiger partial charge is 0.357 e. The summed E-state index contributed by atoms with van der Waals surface area (Å²) < 4.78 is 0. The number of carbonyl (C=O) groups is 1. The number of anilines is 1. The number of carboxylic acid groups (broad SMARTS) is 1. The van der Waals surface area contributed by atoms with Crippen LogP contribution in [0.2, 0.25) is 0 Å². The Balaban J connectivity index is 2.05. The minimum atomic E-state index is -1.04. The van der Waals surface area contributed by atoms with E-state index in [1.807, 2.05) is 6.07 Å². The van der Waals surface area contributed by atoms with Crippen molar-refractivity contribution in [3.05, 3.63) is 35.2 Å². The van der Waals surface area contributed by atoms with E-state index in [-0.39, 0.29) is 5.69 Å². The van der Waals surface area contributed by atoms with Crippen molar-refractivity contribution in [2.45, 2.75) is 6.54 Å². The van der Waals surface area contributed by atoms with Crippen LogP contribution in [0.15, 0.2) is 23.8 Å². The van der Waals surface area contributed by atoms with Crippen molar-refractivity contribution in [1.29, 1.82) is 0 Å². The third-order valence-corrected chi connectivity index (χ3v) is 2.61.